The van der Waals surface area contributed by atoms with E-state index in [2.05, 4.69) is 46.2 Å². The van der Waals surface area contributed by atoms with Gasteiger partial charge in [-0.2, -0.15) is 0 Å². The zero-order valence-corrected chi connectivity index (χ0v) is 11.3. The first kappa shape index (κ1) is 13.3. The van der Waals surface area contributed by atoms with Gasteiger partial charge < -0.3 is 0 Å². The van der Waals surface area contributed by atoms with E-state index in [1.54, 1.807) is 0 Å². The van der Waals surface area contributed by atoms with Gasteiger partial charge in [0.05, 0.1) is 0 Å². The molecule has 0 atom stereocenters. The molecule has 1 radical (unpaired) electrons. The molecule has 0 saturated carbocycles. The summed E-state index contributed by atoms with van der Waals surface area (Å²) in [6, 6.07) is 4.58. The van der Waals surface area contributed by atoms with E-state index < -0.39 is 0 Å². The van der Waals surface area contributed by atoms with Crippen LogP contribution in [0.3, 0.4) is 0 Å². The summed E-state index contributed by atoms with van der Waals surface area (Å²) in [5.41, 5.74) is 5.68. The van der Waals surface area contributed by atoms with E-state index in [9.17, 15) is 0 Å². The van der Waals surface area contributed by atoms with Crippen LogP contribution in [0.5, 0.6) is 0 Å². The first-order valence-electron chi connectivity index (χ1n) is 6.56. The molecule has 16 heavy (non-hydrogen) atoms. The van der Waals surface area contributed by atoms with E-state index in [0.29, 0.717) is 0 Å². The number of hydrogen-bond acceptors (Lipinski definition) is 0. The fourth-order valence-corrected chi connectivity index (χ4v) is 2.11. The third-order valence-corrected chi connectivity index (χ3v) is 3.27. The molecule has 0 nitrogen and oxygen atoms in total. The number of hydrogen-bond donors (Lipinski definition) is 0. The lowest BCUT2D eigenvalue weighted by molar-refractivity contribution is 0.665. The number of benzene rings is 1. The molecule has 0 aliphatic rings. The molecular weight excluding hydrogens is 192 g/mol. The summed E-state index contributed by atoms with van der Waals surface area (Å²) in [4.78, 5) is 0. The number of unbranched alkanes of at least 4 members (excludes halogenated alkanes) is 4. The minimum Gasteiger partial charge on any atom is -0.0654 e. The van der Waals surface area contributed by atoms with E-state index in [1.807, 2.05) is 0 Å². The second-order valence-corrected chi connectivity index (χ2v) is 4.85. The van der Waals surface area contributed by atoms with E-state index in [-0.39, 0.29) is 0 Å². The van der Waals surface area contributed by atoms with Crippen LogP contribution in [0, 0.1) is 27.2 Å². The van der Waals surface area contributed by atoms with Crippen molar-refractivity contribution in [3.05, 3.63) is 40.8 Å². The van der Waals surface area contributed by atoms with Gasteiger partial charge in [0.1, 0.15) is 0 Å². The van der Waals surface area contributed by atoms with Gasteiger partial charge in [0.25, 0.3) is 0 Å². The summed E-state index contributed by atoms with van der Waals surface area (Å²) in [5, 5.41) is 0. The maximum absolute atomic E-state index is 2.41. The molecule has 89 valence electrons. The third kappa shape index (κ3) is 4.00. The molecule has 0 aliphatic carbocycles. The highest BCUT2D eigenvalue weighted by Crippen LogP contribution is 2.20. The largest absolute Gasteiger partial charge is 0.0654 e. The van der Waals surface area contributed by atoms with E-state index >= 15 is 0 Å². The van der Waals surface area contributed by atoms with Crippen molar-refractivity contribution in [3.63, 3.8) is 0 Å². The van der Waals surface area contributed by atoms with Crippen LogP contribution in [-0.2, 0) is 0 Å². The standard InChI is InChI=1S/C16H25/c1-5-6-7-8-9-10-16-12-13(2)11-14(3)15(16)4/h10-12H,5-9H2,1-4H3. The maximum atomic E-state index is 2.41. The molecule has 0 aliphatic heterocycles. The predicted octanol–water partition coefficient (Wildman–Crippen LogP) is 5.13. The quantitative estimate of drug-likeness (QED) is 0.579. The van der Waals surface area contributed by atoms with Crippen molar-refractivity contribution in [2.75, 3.05) is 0 Å². The van der Waals surface area contributed by atoms with Crippen molar-refractivity contribution in [1.82, 2.24) is 0 Å². The van der Waals surface area contributed by atoms with Gasteiger partial charge in [-0.15, -0.1) is 0 Å². The minimum absolute atomic E-state index is 1.23. The summed E-state index contributed by atoms with van der Waals surface area (Å²) < 4.78 is 0. The van der Waals surface area contributed by atoms with E-state index in [4.69, 9.17) is 0 Å². The lowest BCUT2D eigenvalue weighted by atomic mass is 9.96. The van der Waals surface area contributed by atoms with Crippen LogP contribution < -0.4 is 0 Å². The average molecular weight is 217 g/mol. The van der Waals surface area contributed by atoms with Gasteiger partial charge in [0, 0.05) is 0 Å². The highest BCUT2D eigenvalue weighted by atomic mass is 14.1. The summed E-state index contributed by atoms with van der Waals surface area (Å²) in [6.07, 6.45) is 9.04. The maximum Gasteiger partial charge on any atom is -0.00902 e. The Morgan fingerprint density at radius 1 is 1.00 bits per heavy atom. The van der Waals surface area contributed by atoms with Gasteiger partial charge in [-0.1, -0.05) is 50.3 Å². The Kier molecular flexibility index (Phi) is 5.59. The van der Waals surface area contributed by atoms with Crippen LogP contribution in [0.4, 0.5) is 0 Å². The highest BCUT2D eigenvalue weighted by Gasteiger charge is 2.02. The van der Waals surface area contributed by atoms with Gasteiger partial charge in [-0.05, 0) is 50.3 Å². The van der Waals surface area contributed by atoms with E-state index in [1.165, 1.54) is 54.4 Å². The second-order valence-electron chi connectivity index (χ2n) is 4.85. The monoisotopic (exact) mass is 217 g/mol. The normalized spacial score (nSPS) is 10.8. The fraction of sp³-hybridized carbons (Fsp3) is 0.562. The van der Waals surface area contributed by atoms with Crippen molar-refractivity contribution in [3.8, 4) is 0 Å². The smallest absolute Gasteiger partial charge is 0.00902 e. The number of aryl methyl sites for hydroxylation is 2. The Morgan fingerprint density at radius 2 is 1.75 bits per heavy atom. The molecule has 1 aromatic rings. The fourth-order valence-electron chi connectivity index (χ4n) is 2.11. The molecule has 0 amide bonds. The molecule has 0 heterocycles. The zero-order chi connectivity index (χ0) is 12.0. The zero-order valence-electron chi connectivity index (χ0n) is 11.3. The molecule has 0 spiro atoms. The lowest BCUT2D eigenvalue weighted by Crippen LogP contribution is -1.92. The van der Waals surface area contributed by atoms with Crippen molar-refractivity contribution in [2.45, 2.75) is 59.8 Å². The summed E-state index contributed by atoms with van der Waals surface area (Å²) in [7, 11) is 0. The van der Waals surface area contributed by atoms with Crippen LogP contribution in [-0.4, -0.2) is 0 Å². The van der Waals surface area contributed by atoms with Crippen molar-refractivity contribution in [1.29, 1.82) is 0 Å². The molecule has 0 unspecified atom stereocenters. The molecule has 0 fully saturated rings. The number of rotatable bonds is 6. The van der Waals surface area contributed by atoms with Gasteiger partial charge in [0.15, 0.2) is 0 Å². The minimum atomic E-state index is 1.23. The lowest BCUT2D eigenvalue weighted by Gasteiger charge is -2.10. The summed E-state index contributed by atoms with van der Waals surface area (Å²) in [5.74, 6) is 0. The Hall–Kier alpha value is -0.780. The van der Waals surface area contributed by atoms with Gasteiger partial charge in [-0.25, -0.2) is 0 Å². The first-order chi connectivity index (χ1) is 7.65. The Labute approximate surface area is 101 Å². The Balaban J connectivity index is 2.47. The average Bonchev–Trinajstić information content (AvgIpc) is 2.24. The highest BCUT2D eigenvalue weighted by molar-refractivity contribution is 5.40. The van der Waals surface area contributed by atoms with Crippen molar-refractivity contribution >= 4 is 0 Å². The molecule has 0 aromatic heterocycles. The molecule has 0 heteroatoms. The SMILES string of the molecule is CCCCCC[CH]c1cc(C)cc(C)c1C. The van der Waals surface area contributed by atoms with Crippen LogP contribution in [0.25, 0.3) is 0 Å². The van der Waals surface area contributed by atoms with Gasteiger partial charge >= 0.3 is 0 Å². The van der Waals surface area contributed by atoms with Crippen molar-refractivity contribution < 1.29 is 0 Å². The summed E-state index contributed by atoms with van der Waals surface area (Å²) in [6.45, 7) is 8.88. The van der Waals surface area contributed by atoms with Crippen LogP contribution >= 0.6 is 0 Å². The molecule has 1 aromatic carbocycles. The first-order valence-corrected chi connectivity index (χ1v) is 6.56. The van der Waals surface area contributed by atoms with Gasteiger partial charge in [-0.3, -0.25) is 0 Å². The Bertz CT molecular complexity index is 323. The topological polar surface area (TPSA) is 0 Å². The van der Waals surface area contributed by atoms with Crippen LogP contribution in [0.15, 0.2) is 12.1 Å². The van der Waals surface area contributed by atoms with E-state index in [0.717, 1.165) is 0 Å². The van der Waals surface area contributed by atoms with Crippen LogP contribution in [0.2, 0.25) is 0 Å². The van der Waals surface area contributed by atoms with Crippen molar-refractivity contribution in [2.24, 2.45) is 0 Å². The molecule has 1 rings (SSSR count). The van der Waals surface area contributed by atoms with Gasteiger partial charge in [0.2, 0.25) is 0 Å². The molecule has 0 saturated heterocycles. The second kappa shape index (κ2) is 6.73. The summed E-state index contributed by atoms with van der Waals surface area (Å²) >= 11 is 0. The predicted molar refractivity (Wildman–Crippen MR) is 72.8 cm³/mol. The Morgan fingerprint density at radius 3 is 2.44 bits per heavy atom. The molecule has 0 N–H and O–H groups in total. The third-order valence-electron chi connectivity index (χ3n) is 3.27. The molecule has 0 bridgehead atoms. The van der Waals surface area contributed by atoms with Crippen LogP contribution in [0.1, 0.15) is 61.3 Å². The molecular formula is C16H25.